The van der Waals surface area contributed by atoms with Gasteiger partial charge in [-0.2, -0.15) is 0 Å². The molecule has 1 aliphatic rings. The highest BCUT2D eigenvalue weighted by Gasteiger charge is 2.22. The summed E-state index contributed by atoms with van der Waals surface area (Å²) in [6.07, 6.45) is 0.732. The molecule has 0 radical (unpaired) electrons. The smallest absolute Gasteiger partial charge is 0.339 e. The quantitative estimate of drug-likeness (QED) is 0.702. The summed E-state index contributed by atoms with van der Waals surface area (Å²) in [4.78, 5) is 10.9. The van der Waals surface area contributed by atoms with Gasteiger partial charge in [0.2, 0.25) is 0 Å². The van der Waals surface area contributed by atoms with E-state index in [1.165, 1.54) is 6.07 Å². The van der Waals surface area contributed by atoms with E-state index in [0.717, 1.165) is 12.0 Å². The predicted molar refractivity (Wildman–Crippen MR) is 50.4 cm³/mol. The number of benzene rings is 1. The van der Waals surface area contributed by atoms with Crippen LogP contribution in [0.5, 0.6) is 5.75 Å². The molecule has 0 saturated carbocycles. The molecule has 4 nitrogen and oxygen atoms in total. The third kappa shape index (κ3) is 1.33. The number of ether oxygens (including phenoxy) is 1. The van der Waals surface area contributed by atoms with Crippen LogP contribution in [0.25, 0.3) is 0 Å². The Hall–Kier alpha value is -1.55. The van der Waals surface area contributed by atoms with E-state index in [1.807, 2.05) is 6.07 Å². The summed E-state index contributed by atoms with van der Waals surface area (Å²) in [5.74, 6) is -0.547. The number of fused-ring (bicyclic) bond motifs is 1. The lowest BCUT2D eigenvalue weighted by Crippen LogP contribution is -2.22. The van der Waals surface area contributed by atoms with Gasteiger partial charge in [-0.15, -0.1) is 0 Å². The van der Waals surface area contributed by atoms with Gasteiger partial charge in [0.15, 0.2) is 0 Å². The maximum Gasteiger partial charge on any atom is 0.339 e. The topological polar surface area (TPSA) is 72.5 Å². The fourth-order valence-corrected chi connectivity index (χ4v) is 1.62. The molecule has 0 saturated heterocycles. The summed E-state index contributed by atoms with van der Waals surface area (Å²) in [6, 6.07) is 4.92. The minimum atomic E-state index is -0.976. The Balaban J connectivity index is 2.55. The minimum absolute atomic E-state index is 0.113. The maximum absolute atomic E-state index is 10.9. The van der Waals surface area contributed by atoms with Crippen molar-refractivity contribution in [1.82, 2.24) is 0 Å². The number of carboxylic acid groups (broad SMARTS) is 1. The number of rotatable bonds is 1. The van der Waals surface area contributed by atoms with Crippen LogP contribution in [0, 0.1) is 0 Å². The molecule has 0 spiro atoms. The van der Waals surface area contributed by atoms with Gasteiger partial charge >= 0.3 is 5.97 Å². The van der Waals surface area contributed by atoms with Crippen LogP contribution < -0.4 is 10.5 Å². The van der Waals surface area contributed by atoms with Crippen LogP contribution in [0.3, 0.4) is 0 Å². The number of hydrogen-bond acceptors (Lipinski definition) is 3. The highest BCUT2D eigenvalue weighted by molar-refractivity contribution is 5.91. The first-order chi connectivity index (χ1) is 6.70. The summed E-state index contributed by atoms with van der Waals surface area (Å²) in [5, 5.41) is 8.91. The van der Waals surface area contributed by atoms with Crippen LogP contribution in [-0.4, -0.2) is 17.7 Å². The molecular formula is C10H11NO3. The number of carboxylic acids is 1. The van der Waals surface area contributed by atoms with Crippen molar-refractivity contribution in [3.63, 3.8) is 0 Å². The lowest BCUT2D eigenvalue weighted by atomic mass is 9.98. The highest BCUT2D eigenvalue weighted by Crippen LogP contribution is 2.33. The molecule has 14 heavy (non-hydrogen) atoms. The van der Waals surface area contributed by atoms with Crippen LogP contribution in [0.15, 0.2) is 18.2 Å². The molecule has 2 rings (SSSR count). The number of carbonyl (C=O) groups is 1. The van der Waals surface area contributed by atoms with E-state index in [0.29, 0.717) is 12.4 Å². The molecule has 1 aliphatic heterocycles. The van der Waals surface area contributed by atoms with Gasteiger partial charge in [-0.3, -0.25) is 0 Å². The second-order valence-electron chi connectivity index (χ2n) is 3.27. The van der Waals surface area contributed by atoms with E-state index in [-0.39, 0.29) is 11.6 Å². The fourth-order valence-electron chi connectivity index (χ4n) is 1.62. The fraction of sp³-hybridized carbons (Fsp3) is 0.300. The Morgan fingerprint density at radius 1 is 1.57 bits per heavy atom. The van der Waals surface area contributed by atoms with Crippen LogP contribution in [0.4, 0.5) is 0 Å². The van der Waals surface area contributed by atoms with Gasteiger partial charge in [0, 0.05) is 18.0 Å². The van der Waals surface area contributed by atoms with Gasteiger partial charge in [-0.25, -0.2) is 4.79 Å². The summed E-state index contributed by atoms with van der Waals surface area (Å²) in [7, 11) is 0. The van der Waals surface area contributed by atoms with Gasteiger partial charge in [0.1, 0.15) is 11.3 Å². The molecule has 0 unspecified atom stereocenters. The van der Waals surface area contributed by atoms with Crippen molar-refractivity contribution >= 4 is 5.97 Å². The van der Waals surface area contributed by atoms with Crippen molar-refractivity contribution in [2.75, 3.05) is 6.61 Å². The molecule has 0 bridgehead atoms. The van der Waals surface area contributed by atoms with Gasteiger partial charge in [0.05, 0.1) is 6.61 Å². The predicted octanol–water partition coefficient (Wildman–Crippen LogP) is 1.17. The van der Waals surface area contributed by atoms with E-state index >= 15 is 0 Å². The van der Waals surface area contributed by atoms with Crippen molar-refractivity contribution in [2.24, 2.45) is 5.73 Å². The monoisotopic (exact) mass is 193 g/mol. The second-order valence-corrected chi connectivity index (χ2v) is 3.27. The van der Waals surface area contributed by atoms with Gasteiger partial charge < -0.3 is 15.6 Å². The van der Waals surface area contributed by atoms with Crippen LogP contribution in [0.2, 0.25) is 0 Å². The molecule has 1 atom stereocenters. The average molecular weight is 193 g/mol. The number of aromatic carboxylic acids is 1. The van der Waals surface area contributed by atoms with Crippen molar-refractivity contribution in [1.29, 1.82) is 0 Å². The maximum atomic E-state index is 10.9. The molecule has 1 aromatic rings. The standard InChI is InChI=1S/C10H11NO3/c11-8-4-5-14-9-6(8)2-1-3-7(9)10(12)13/h1-3,8H,4-5,11H2,(H,12,13)/t8-/m1/s1. The number of para-hydroxylation sites is 1. The Morgan fingerprint density at radius 3 is 3.07 bits per heavy atom. The molecule has 0 aromatic heterocycles. The molecule has 0 aliphatic carbocycles. The molecule has 74 valence electrons. The largest absolute Gasteiger partial charge is 0.492 e. The zero-order valence-electron chi connectivity index (χ0n) is 7.56. The summed E-state index contributed by atoms with van der Waals surface area (Å²) < 4.78 is 5.33. The summed E-state index contributed by atoms with van der Waals surface area (Å²) in [5.41, 5.74) is 6.82. The third-order valence-corrected chi connectivity index (χ3v) is 2.35. The molecule has 1 aromatic carbocycles. The van der Waals surface area contributed by atoms with Crippen LogP contribution in [0.1, 0.15) is 28.4 Å². The first-order valence-electron chi connectivity index (χ1n) is 4.44. The highest BCUT2D eigenvalue weighted by atomic mass is 16.5. The molecule has 3 N–H and O–H groups in total. The zero-order chi connectivity index (χ0) is 10.1. The average Bonchev–Trinajstić information content (AvgIpc) is 2.17. The first kappa shape index (κ1) is 9.02. The second kappa shape index (κ2) is 3.31. The van der Waals surface area contributed by atoms with E-state index in [2.05, 4.69) is 0 Å². The van der Waals surface area contributed by atoms with E-state index in [1.54, 1.807) is 6.07 Å². The Labute approximate surface area is 81.3 Å². The van der Waals surface area contributed by atoms with Crippen molar-refractivity contribution in [2.45, 2.75) is 12.5 Å². The zero-order valence-corrected chi connectivity index (χ0v) is 7.56. The number of nitrogens with two attached hydrogens (primary N) is 1. The number of hydrogen-bond donors (Lipinski definition) is 2. The van der Waals surface area contributed by atoms with Crippen LogP contribution in [-0.2, 0) is 0 Å². The van der Waals surface area contributed by atoms with Gasteiger partial charge in [-0.05, 0) is 6.07 Å². The normalized spacial score (nSPS) is 19.6. The SMILES string of the molecule is N[C@@H]1CCOc2c(C(=O)O)cccc21. The van der Waals surface area contributed by atoms with Gasteiger partial charge in [0.25, 0.3) is 0 Å². The first-order valence-corrected chi connectivity index (χ1v) is 4.44. The van der Waals surface area contributed by atoms with E-state index in [9.17, 15) is 4.79 Å². The Bertz CT molecular complexity index is 376. The molecular weight excluding hydrogens is 182 g/mol. The van der Waals surface area contributed by atoms with Gasteiger partial charge in [-0.1, -0.05) is 12.1 Å². The lowest BCUT2D eigenvalue weighted by Gasteiger charge is -2.23. The minimum Gasteiger partial charge on any atom is -0.492 e. The van der Waals surface area contributed by atoms with E-state index < -0.39 is 5.97 Å². The Kier molecular flexibility index (Phi) is 2.13. The van der Waals surface area contributed by atoms with Crippen LogP contribution >= 0.6 is 0 Å². The van der Waals surface area contributed by atoms with Crippen molar-refractivity contribution in [3.8, 4) is 5.75 Å². The molecule has 1 heterocycles. The summed E-state index contributed by atoms with van der Waals surface area (Å²) in [6.45, 7) is 0.485. The van der Waals surface area contributed by atoms with Crippen molar-refractivity contribution < 1.29 is 14.6 Å². The molecule has 4 heteroatoms. The lowest BCUT2D eigenvalue weighted by molar-refractivity contribution is 0.0691. The summed E-state index contributed by atoms with van der Waals surface area (Å²) >= 11 is 0. The third-order valence-electron chi connectivity index (χ3n) is 2.35. The van der Waals surface area contributed by atoms with E-state index in [4.69, 9.17) is 15.6 Å². The molecule has 0 amide bonds. The molecule has 0 fully saturated rings. The Morgan fingerprint density at radius 2 is 2.36 bits per heavy atom. The van der Waals surface area contributed by atoms with Crippen molar-refractivity contribution in [3.05, 3.63) is 29.3 Å².